The van der Waals surface area contributed by atoms with Gasteiger partial charge in [-0.3, -0.25) is 4.79 Å². The van der Waals surface area contributed by atoms with E-state index >= 15 is 0 Å². The molecule has 0 bridgehead atoms. The molecule has 1 fully saturated rings. The van der Waals surface area contributed by atoms with Crippen molar-refractivity contribution >= 4 is 10.0 Å². The van der Waals surface area contributed by atoms with Crippen molar-refractivity contribution in [2.45, 2.75) is 18.8 Å². The molecule has 1 aromatic carbocycles. The van der Waals surface area contributed by atoms with Crippen molar-refractivity contribution in [1.82, 2.24) is 14.3 Å². The maximum Gasteiger partial charge on any atom is 0.251 e. The Balaban J connectivity index is 1.78. The van der Waals surface area contributed by atoms with Crippen molar-refractivity contribution in [2.24, 2.45) is 0 Å². The molecule has 0 saturated carbocycles. The SMILES string of the molecule is Cc1cc(=O)[nH]c(C2CN(S(=O)(=O)Cc3ccccc3)CCO2)n1. The molecule has 0 spiro atoms. The zero-order valence-electron chi connectivity index (χ0n) is 13.3. The molecule has 128 valence electrons. The first-order chi connectivity index (χ1) is 11.4. The molecular weight excluding hydrogens is 330 g/mol. The van der Waals surface area contributed by atoms with E-state index in [9.17, 15) is 13.2 Å². The number of aromatic nitrogens is 2. The van der Waals surface area contributed by atoms with E-state index in [1.807, 2.05) is 18.2 Å². The van der Waals surface area contributed by atoms with E-state index in [1.54, 1.807) is 19.1 Å². The van der Waals surface area contributed by atoms with Gasteiger partial charge in [-0.25, -0.2) is 13.4 Å². The second-order valence-corrected chi connectivity index (χ2v) is 7.70. The van der Waals surface area contributed by atoms with Gasteiger partial charge in [0.05, 0.1) is 12.4 Å². The van der Waals surface area contributed by atoms with Crippen LogP contribution in [0.1, 0.15) is 23.2 Å². The first kappa shape index (κ1) is 16.8. The standard InChI is InChI=1S/C16H19N3O4S/c1-12-9-15(20)18-16(17-12)14-10-19(7-8-23-14)24(21,22)11-13-5-3-2-4-6-13/h2-6,9,14H,7-8,10-11H2,1H3,(H,17,18,20). The number of hydrogen-bond donors (Lipinski definition) is 1. The van der Waals surface area contributed by atoms with Gasteiger partial charge in [-0.1, -0.05) is 30.3 Å². The number of nitrogens with zero attached hydrogens (tertiary/aromatic N) is 2. The molecule has 3 rings (SSSR count). The highest BCUT2D eigenvalue weighted by Crippen LogP contribution is 2.22. The number of benzene rings is 1. The van der Waals surface area contributed by atoms with Crippen LogP contribution in [0.5, 0.6) is 0 Å². The topological polar surface area (TPSA) is 92.4 Å². The average molecular weight is 349 g/mol. The molecule has 2 heterocycles. The maximum atomic E-state index is 12.6. The third kappa shape index (κ3) is 3.89. The monoisotopic (exact) mass is 349 g/mol. The van der Waals surface area contributed by atoms with Gasteiger partial charge in [0.25, 0.3) is 5.56 Å². The quantitative estimate of drug-likeness (QED) is 0.888. The Kier molecular flexibility index (Phi) is 4.79. The third-order valence-corrected chi connectivity index (χ3v) is 5.62. The van der Waals surface area contributed by atoms with Crippen LogP contribution in [0.2, 0.25) is 0 Å². The number of hydrogen-bond acceptors (Lipinski definition) is 5. The molecule has 24 heavy (non-hydrogen) atoms. The molecule has 2 aromatic rings. The molecule has 0 amide bonds. The van der Waals surface area contributed by atoms with Crippen molar-refractivity contribution in [2.75, 3.05) is 19.7 Å². The van der Waals surface area contributed by atoms with Gasteiger partial charge in [-0.2, -0.15) is 4.31 Å². The van der Waals surface area contributed by atoms with Gasteiger partial charge in [0.2, 0.25) is 10.0 Å². The summed E-state index contributed by atoms with van der Waals surface area (Å²) in [6.07, 6.45) is -0.572. The number of aromatic amines is 1. The lowest BCUT2D eigenvalue weighted by atomic mass is 10.2. The Bertz CT molecular complexity index is 864. The fraction of sp³-hybridized carbons (Fsp3) is 0.375. The van der Waals surface area contributed by atoms with Gasteiger partial charge in [0, 0.05) is 24.8 Å². The van der Waals surface area contributed by atoms with E-state index < -0.39 is 16.1 Å². The largest absolute Gasteiger partial charge is 0.368 e. The molecule has 0 radical (unpaired) electrons. The molecule has 1 unspecified atom stereocenters. The first-order valence-corrected chi connectivity index (χ1v) is 9.26. The van der Waals surface area contributed by atoms with Crippen LogP contribution in [0.3, 0.4) is 0 Å². The Morgan fingerprint density at radius 1 is 1.33 bits per heavy atom. The summed E-state index contributed by atoms with van der Waals surface area (Å²) in [7, 11) is -3.46. The normalized spacial score (nSPS) is 19.3. The minimum Gasteiger partial charge on any atom is -0.368 e. The van der Waals surface area contributed by atoms with Crippen LogP contribution in [-0.4, -0.2) is 42.4 Å². The molecule has 1 aliphatic heterocycles. The van der Waals surface area contributed by atoms with Gasteiger partial charge in [-0.15, -0.1) is 0 Å². The van der Waals surface area contributed by atoms with Crippen molar-refractivity contribution in [3.05, 3.63) is 63.8 Å². The Morgan fingerprint density at radius 3 is 2.79 bits per heavy atom. The van der Waals surface area contributed by atoms with Crippen molar-refractivity contribution in [3.63, 3.8) is 0 Å². The maximum absolute atomic E-state index is 12.6. The zero-order valence-corrected chi connectivity index (χ0v) is 14.1. The smallest absolute Gasteiger partial charge is 0.251 e. The van der Waals surface area contributed by atoms with Crippen molar-refractivity contribution in [3.8, 4) is 0 Å². The van der Waals surface area contributed by atoms with E-state index in [0.717, 1.165) is 5.56 Å². The molecule has 0 aliphatic carbocycles. The van der Waals surface area contributed by atoms with Crippen molar-refractivity contribution < 1.29 is 13.2 Å². The molecule has 1 aromatic heterocycles. The molecule has 1 saturated heterocycles. The first-order valence-electron chi connectivity index (χ1n) is 7.65. The van der Waals surface area contributed by atoms with Crippen LogP contribution in [0, 0.1) is 6.92 Å². The lowest BCUT2D eigenvalue weighted by molar-refractivity contribution is -0.00778. The van der Waals surface area contributed by atoms with E-state index in [4.69, 9.17) is 4.74 Å². The van der Waals surface area contributed by atoms with Crippen LogP contribution < -0.4 is 5.56 Å². The lowest BCUT2D eigenvalue weighted by Gasteiger charge is -2.31. The fourth-order valence-electron chi connectivity index (χ4n) is 2.67. The number of rotatable bonds is 4. The van der Waals surface area contributed by atoms with E-state index in [1.165, 1.54) is 10.4 Å². The Hall–Kier alpha value is -2.03. The number of aryl methyl sites for hydroxylation is 1. The summed E-state index contributed by atoms with van der Waals surface area (Å²) in [5, 5.41) is 0. The average Bonchev–Trinajstić information content (AvgIpc) is 2.55. The summed E-state index contributed by atoms with van der Waals surface area (Å²) in [5.41, 5.74) is 1.04. The Morgan fingerprint density at radius 2 is 2.08 bits per heavy atom. The van der Waals surface area contributed by atoms with Gasteiger partial charge in [0.1, 0.15) is 11.9 Å². The van der Waals surface area contributed by atoms with Gasteiger partial charge in [0.15, 0.2) is 0 Å². The van der Waals surface area contributed by atoms with Gasteiger partial charge >= 0.3 is 0 Å². The molecule has 1 N–H and O–H groups in total. The summed E-state index contributed by atoms with van der Waals surface area (Å²) < 4.78 is 32.3. The number of ether oxygens (including phenoxy) is 1. The minimum absolute atomic E-state index is 0.0572. The lowest BCUT2D eigenvalue weighted by Crippen LogP contribution is -2.43. The van der Waals surface area contributed by atoms with Gasteiger partial charge < -0.3 is 9.72 Å². The second-order valence-electron chi connectivity index (χ2n) is 5.73. The molecular formula is C16H19N3O4S. The van der Waals surface area contributed by atoms with E-state index in [-0.39, 0.29) is 24.5 Å². The highest BCUT2D eigenvalue weighted by atomic mass is 32.2. The predicted molar refractivity (Wildman–Crippen MR) is 88.9 cm³/mol. The number of nitrogens with one attached hydrogen (secondary N) is 1. The van der Waals surface area contributed by atoms with E-state index in [2.05, 4.69) is 9.97 Å². The Labute approximate surface area is 140 Å². The molecule has 1 aliphatic rings. The van der Waals surface area contributed by atoms with Crippen LogP contribution in [0.4, 0.5) is 0 Å². The van der Waals surface area contributed by atoms with Crippen molar-refractivity contribution in [1.29, 1.82) is 0 Å². The summed E-state index contributed by atoms with van der Waals surface area (Å²) in [5.74, 6) is 0.304. The number of morpholine rings is 1. The summed E-state index contributed by atoms with van der Waals surface area (Å²) in [6.45, 7) is 2.41. The predicted octanol–water partition coefficient (Wildman–Crippen LogP) is 0.982. The van der Waals surface area contributed by atoms with Crippen LogP contribution >= 0.6 is 0 Å². The highest BCUT2D eigenvalue weighted by Gasteiger charge is 2.31. The molecule has 1 atom stereocenters. The van der Waals surface area contributed by atoms with Crippen LogP contribution in [-0.2, 0) is 20.5 Å². The van der Waals surface area contributed by atoms with E-state index in [0.29, 0.717) is 18.1 Å². The van der Waals surface area contributed by atoms with Crippen LogP contribution in [0.25, 0.3) is 0 Å². The van der Waals surface area contributed by atoms with Gasteiger partial charge in [-0.05, 0) is 12.5 Å². The number of sulfonamides is 1. The second kappa shape index (κ2) is 6.84. The molecule has 8 heteroatoms. The summed E-state index contributed by atoms with van der Waals surface area (Å²) in [4.78, 5) is 18.5. The van der Waals surface area contributed by atoms with Crippen LogP contribution in [0.15, 0.2) is 41.2 Å². The highest BCUT2D eigenvalue weighted by molar-refractivity contribution is 7.88. The zero-order chi connectivity index (χ0) is 17.2. The minimum atomic E-state index is -3.46. The number of H-pyrrole nitrogens is 1. The molecule has 7 nitrogen and oxygen atoms in total. The third-order valence-electron chi connectivity index (χ3n) is 3.81. The summed E-state index contributed by atoms with van der Waals surface area (Å²) in [6, 6.07) is 10.4. The summed E-state index contributed by atoms with van der Waals surface area (Å²) >= 11 is 0. The fourth-order valence-corrected chi connectivity index (χ4v) is 4.19.